The first-order valence-corrected chi connectivity index (χ1v) is 8.60. The first-order valence-electron chi connectivity index (χ1n) is 8.60. The summed E-state index contributed by atoms with van der Waals surface area (Å²) in [5, 5.41) is 0. The van der Waals surface area contributed by atoms with Gasteiger partial charge in [-0.05, 0) is 56.5 Å². The van der Waals surface area contributed by atoms with E-state index in [0.717, 1.165) is 23.4 Å². The van der Waals surface area contributed by atoms with Crippen LogP contribution in [0, 0.1) is 26.6 Å². The molecule has 0 amide bonds. The van der Waals surface area contributed by atoms with Gasteiger partial charge in [0.15, 0.2) is 0 Å². The molecule has 0 saturated carbocycles. The van der Waals surface area contributed by atoms with Crippen molar-refractivity contribution in [1.82, 2.24) is 4.90 Å². The van der Waals surface area contributed by atoms with Crippen LogP contribution in [0.3, 0.4) is 0 Å². The second-order valence-corrected chi connectivity index (χ2v) is 6.32. The van der Waals surface area contributed by atoms with Crippen LogP contribution in [0.1, 0.15) is 39.5 Å². The molecule has 0 aliphatic heterocycles. The number of nitrogens with zero attached hydrogens (tertiary/aromatic N) is 2. The number of ether oxygens (including phenoxy) is 1. The van der Waals surface area contributed by atoms with Crippen LogP contribution < -0.4 is 0 Å². The average molecular weight is 356 g/mol. The van der Waals surface area contributed by atoms with Gasteiger partial charge in [-0.3, -0.25) is 0 Å². The summed E-state index contributed by atoms with van der Waals surface area (Å²) in [5.74, 6) is -0.800. The number of esters is 1. The van der Waals surface area contributed by atoms with Crippen molar-refractivity contribution in [2.45, 2.75) is 34.3 Å². The molecule has 0 aliphatic rings. The number of halogens is 1. The molecule has 2 rings (SSSR count). The molecule has 0 heterocycles. The van der Waals surface area contributed by atoms with Crippen molar-refractivity contribution in [1.29, 1.82) is 0 Å². The number of aliphatic imine (C=N–C) groups is 1. The third kappa shape index (κ3) is 4.48. The third-order valence-corrected chi connectivity index (χ3v) is 4.50. The Morgan fingerprint density at radius 3 is 2.62 bits per heavy atom. The van der Waals surface area contributed by atoms with Crippen molar-refractivity contribution >= 4 is 18.0 Å². The molecule has 5 heteroatoms. The number of carbonyl (C=O) groups is 1. The highest BCUT2D eigenvalue weighted by atomic mass is 19.1. The molecular weight excluding hydrogens is 331 g/mol. The second kappa shape index (κ2) is 8.61. The third-order valence-electron chi connectivity index (χ3n) is 4.50. The van der Waals surface area contributed by atoms with Gasteiger partial charge in [0.2, 0.25) is 0 Å². The van der Waals surface area contributed by atoms with E-state index in [4.69, 9.17) is 4.74 Å². The first kappa shape index (κ1) is 19.6. The lowest BCUT2D eigenvalue weighted by Crippen LogP contribution is -2.14. The van der Waals surface area contributed by atoms with E-state index in [1.54, 1.807) is 43.6 Å². The summed E-state index contributed by atoms with van der Waals surface area (Å²) in [4.78, 5) is 18.8. The molecule has 0 fully saturated rings. The van der Waals surface area contributed by atoms with Gasteiger partial charge in [0.25, 0.3) is 0 Å². The first-order chi connectivity index (χ1) is 12.3. The highest BCUT2D eigenvalue weighted by Gasteiger charge is 2.15. The van der Waals surface area contributed by atoms with E-state index >= 15 is 0 Å². The van der Waals surface area contributed by atoms with Gasteiger partial charge in [0.1, 0.15) is 12.4 Å². The minimum atomic E-state index is -0.465. The van der Waals surface area contributed by atoms with Crippen LogP contribution in [0.5, 0.6) is 0 Å². The normalized spacial score (nSPS) is 11.0. The fourth-order valence-electron chi connectivity index (χ4n) is 2.45. The molecule has 0 aliphatic carbocycles. The lowest BCUT2D eigenvalue weighted by Gasteiger charge is -2.13. The minimum absolute atomic E-state index is 0.0912. The van der Waals surface area contributed by atoms with E-state index in [0.29, 0.717) is 16.7 Å². The predicted octanol–water partition coefficient (Wildman–Crippen LogP) is 4.72. The maximum absolute atomic E-state index is 14.0. The Morgan fingerprint density at radius 2 is 1.92 bits per heavy atom. The monoisotopic (exact) mass is 356 g/mol. The summed E-state index contributed by atoms with van der Waals surface area (Å²) in [6.07, 6.45) is 1.76. The molecular formula is C21H25FN2O2. The van der Waals surface area contributed by atoms with Gasteiger partial charge in [0, 0.05) is 19.2 Å². The highest BCUT2D eigenvalue weighted by molar-refractivity contribution is 5.92. The van der Waals surface area contributed by atoms with Crippen LogP contribution in [0.25, 0.3) is 0 Å². The van der Waals surface area contributed by atoms with Gasteiger partial charge in [-0.2, -0.15) is 0 Å². The molecule has 2 aromatic carbocycles. The van der Waals surface area contributed by atoms with Crippen molar-refractivity contribution in [3.05, 3.63) is 64.0 Å². The second-order valence-electron chi connectivity index (χ2n) is 6.32. The molecule has 0 aromatic heterocycles. The standard InChI is InChI=1S/C21H25FN2O2/c1-6-24(5)13-23-19-11-10-18(15(3)16(19)4)21(25)26-12-17-9-7-8-14(2)20(17)22/h7-11,13H,6,12H2,1-5H3. The summed E-state index contributed by atoms with van der Waals surface area (Å²) in [6, 6.07) is 8.55. The molecule has 0 spiro atoms. The topological polar surface area (TPSA) is 41.9 Å². The van der Waals surface area contributed by atoms with Crippen LogP contribution in [0.15, 0.2) is 35.3 Å². The number of rotatable bonds is 6. The van der Waals surface area contributed by atoms with E-state index < -0.39 is 5.97 Å². The fourth-order valence-corrected chi connectivity index (χ4v) is 2.45. The van der Waals surface area contributed by atoms with Crippen LogP contribution in [-0.2, 0) is 11.3 Å². The summed E-state index contributed by atoms with van der Waals surface area (Å²) in [7, 11) is 1.95. The number of hydrogen-bond acceptors (Lipinski definition) is 3. The Balaban J connectivity index is 2.15. The van der Waals surface area contributed by atoms with Gasteiger partial charge in [-0.25, -0.2) is 14.2 Å². The van der Waals surface area contributed by atoms with Crippen molar-refractivity contribution in [3.8, 4) is 0 Å². The molecule has 26 heavy (non-hydrogen) atoms. The molecule has 0 N–H and O–H groups in total. The molecule has 138 valence electrons. The van der Waals surface area contributed by atoms with Gasteiger partial charge in [0.05, 0.1) is 17.6 Å². The van der Waals surface area contributed by atoms with E-state index in [1.165, 1.54) is 0 Å². The largest absolute Gasteiger partial charge is 0.457 e. The van der Waals surface area contributed by atoms with Crippen molar-refractivity contribution in [3.63, 3.8) is 0 Å². The molecule has 4 nitrogen and oxygen atoms in total. The van der Waals surface area contributed by atoms with Crippen LogP contribution in [0.2, 0.25) is 0 Å². The van der Waals surface area contributed by atoms with Crippen molar-refractivity contribution in [2.75, 3.05) is 13.6 Å². The van der Waals surface area contributed by atoms with Crippen LogP contribution in [0.4, 0.5) is 10.1 Å². The summed E-state index contributed by atoms with van der Waals surface area (Å²) in [5.41, 5.74) is 3.92. The van der Waals surface area contributed by atoms with Gasteiger partial charge in [-0.15, -0.1) is 0 Å². The Hall–Kier alpha value is -2.69. The SMILES string of the molecule is CCN(C)C=Nc1ccc(C(=O)OCc2cccc(C)c2F)c(C)c1C. The van der Waals surface area contributed by atoms with E-state index in [-0.39, 0.29) is 12.4 Å². The summed E-state index contributed by atoms with van der Waals surface area (Å²) in [6.45, 7) is 8.28. The Morgan fingerprint density at radius 1 is 1.19 bits per heavy atom. The average Bonchev–Trinajstić information content (AvgIpc) is 2.63. The van der Waals surface area contributed by atoms with E-state index in [2.05, 4.69) is 4.99 Å². The van der Waals surface area contributed by atoms with Crippen molar-refractivity contribution in [2.24, 2.45) is 4.99 Å². The maximum atomic E-state index is 14.0. The molecule has 0 radical (unpaired) electrons. The Labute approximate surface area is 154 Å². The molecule has 2 aromatic rings. The molecule has 0 bridgehead atoms. The van der Waals surface area contributed by atoms with Crippen LogP contribution in [-0.4, -0.2) is 30.8 Å². The zero-order valence-corrected chi connectivity index (χ0v) is 16.0. The minimum Gasteiger partial charge on any atom is -0.457 e. The Bertz CT molecular complexity index is 831. The van der Waals surface area contributed by atoms with E-state index in [1.807, 2.05) is 32.7 Å². The molecule has 0 atom stereocenters. The lowest BCUT2D eigenvalue weighted by atomic mass is 10.0. The van der Waals surface area contributed by atoms with Gasteiger partial charge < -0.3 is 9.64 Å². The quantitative estimate of drug-likeness (QED) is 0.427. The number of hydrogen-bond donors (Lipinski definition) is 0. The van der Waals surface area contributed by atoms with E-state index in [9.17, 15) is 9.18 Å². The smallest absolute Gasteiger partial charge is 0.338 e. The summed E-state index contributed by atoms with van der Waals surface area (Å²) < 4.78 is 19.3. The molecule has 0 unspecified atom stereocenters. The number of benzene rings is 2. The highest BCUT2D eigenvalue weighted by Crippen LogP contribution is 2.25. The lowest BCUT2D eigenvalue weighted by molar-refractivity contribution is 0.0468. The zero-order chi connectivity index (χ0) is 19.3. The van der Waals surface area contributed by atoms with Crippen molar-refractivity contribution < 1.29 is 13.9 Å². The summed E-state index contributed by atoms with van der Waals surface area (Å²) >= 11 is 0. The van der Waals surface area contributed by atoms with Crippen LogP contribution >= 0.6 is 0 Å². The number of aryl methyl sites for hydroxylation is 1. The zero-order valence-electron chi connectivity index (χ0n) is 16.0. The molecule has 0 saturated heterocycles. The number of carbonyl (C=O) groups excluding carboxylic acids is 1. The predicted molar refractivity (Wildman–Crippen MR) is 103 cm³/mol. The maximum Gasteiger partial charge on any atom is 0.338 e. The fraction of sp³-hybridized carbons (Fsp3) is 0.333. The van der Waals surface area contributed by atoms with Gasteiger partial charge in [-0.1, -0.05) is 18.2 Å². The van der Waals surface area contributed by atoms with Gasteiger partial charge >= 0.3 is 5.97 Å². The Kier molecular flexibility index (Phi) is 6.50.